The van der Waals surface area contributed by atoms with E-state index in [0.717, 1.165) is 23.1 Å². The van der Waals surface area contributed by atoms with Crippen LogP contribution in [0.3, 0.4) is 0 Å². The van der Waals surface area contributed by atoms with E-state index in [1.807, 2.05) is 48.5 Å². The van der Waals surface area contributed by atoms with Crippen molar-refractivity contribution < 1.29 is 9.90 Å². The Kier molecular flexibility index (Phi) is 5.38. The van der Waals surface area contributed by atoms with Crippen molar-refractivity contribution in [2.24, 2.45) is 5.92 Å². The van der Waals surface area contributed by atoms with Gasteiger partial charge >= 0.3 is 6.03 Å². The highest BCUT2D eigenvalue weighted by molar-refractivity contribution is 6.30. The first-order chi connectivity index (χ1) is 11.7. The second-order valence-corrected chi connectivity index (χ2v) is 6.54. The first kappa shape index (κ1) is 16.8. The van der Waals surface area contributed by atoms with Crippen molar-refractivity contribution in [3.05, 3.63) is 59.1 Å². The Morgan fingerprint density at radius 3 is 2.67 bits per heavy atom. The molecule has 2 N–H and O–H groups in total. The molecule has 0 bridgehead atoms. The summed E-state index contributed by atoms with van der Waals surface area (Å²) in [7, 11) is 0. The molecule has 1 aliphatic rings. The Morgan fingerprint density at radius 1 is 1.21 bits per heavy atom. The van der Waals surface area contributed by atoms with Crippen LogP contribution in [0, 0.1) is 5.92 Å². The van der Waals surface area contributed by atoms with Gasteiger partial charge in [-0.1, -0.05) is 48.0 Å². The lowest BCUT2D eigenvalue weighted by molar-refractivity contribution is 0.198. The molecule has 2 aromatic carbocycles. The molecular weight excluding hydrogens is 324 g/mol. The van der Waals surface area contributed by atoms with Gasteiger partial charge in [-0.15, -0.1) is 0 Å². The smallest absolute Gasteiger partial charge is 0.317 e. The van der Waals surface area contributed by atoms with E-state index in [0.29, 0.717) is 24.7 Å². The second-order valence-electron chi connectivity index (χ2n) is 6.11. The Hall–Kier alpha value is -2.04. The van der Waals surface area contributed by atoms with Gasteiger partial charge in [-0.2, -0.15) is 0 Å². The SMILES string of the molecule is O=C(NCc1ccccc1-c1ccc(Cl)cc1)N1CC[C@@H](CO)C1. The van der Waals surface area contributed by atoms with Gasteiger partial charge in [-0.3, -0.25) is 0 Å². The zero-order valence-corrected chi connectivity index (χ0v) is 14.2. The highest BCUT2D eigenvalue weighted by Gasteiger charge is 2.25. The minimum Gasteiger partial charge on any atom is -0.396 e. The van der Waals surface area contributed by atoms with Crippen LogP contribution in [0.1, 0.15) is 12.0 Å². The first-order valence-corrected chi connectivity index (χ1v) is 8.52. The molecule has 2 amide bonds. The van der Waals surface area contributed by atoms with E-state index in [1.54, 1.807) is 4.90 Å². The van der Waals surface area contributed by atoms with Crippen molar-refractivity contribution in [1.29, 1.82) is 0 Å². The third-order valence-corrected chi connectivity index (χ3v) is 4.69. The van der Waals surface area contributed by atoms with E-state index in [4.69, 9.17) is 11.6 Å². The topological polar surface area (TPSA) is 52.6 Å². The number of aliphatic hydroxyl groups excluding tert-OH is 1. The fourth-order valence-corrected chi connectivity index (χ4v) is 3.16. The van der Waals surface area contributed by atoms with Crippen LogP contribution >= 0.6 is 11.6 Å². The molecule has 0 aromatic heterocycles. The normalized spacial score (nSPS) is 17.1. The molecule has 1 heterocycles. The van der Waals surface area contributed by atoms with Gasteiger partial charge in [0, 0.05) is 37.2 Å². The monoisotopic (exact) mass is 344 g/mol. The highest BCUT2D eigenvalue weighted by Crippen LogP contribution is 2.25. The van der Waals surface area contributed by atoms with Crippen molar-refractivity contribution in [2.75, 3.05) is 19.7 Å². The van der Waals surface area contributed by atoms with Gasteiger partial charge in [0.15, 0.2) is 0 Å². The van der Waals surface area contributed by atoms with Crippen molar-refractivity contribution in [3.8, 4) is 11.1 Å². The third-order valence-electron chi connectivity index (χ3n) is 4.43. The molecule has 2 aromatic rings. The number of hydrogen-bond donors (Lipinski definition) is 2. The number of carbonyl (C=O) groups excluding carboxylic acids is 1. The lowest BCUT2D eigenvalue weighted by atomic mass is 10.00. The van der Waals surface area contributed by atoms with Crippen LogP contribution in [-0.4, -0.2) is 35.7 Å². The number of rotatable bonds is 4. The summed E-state index contributed by atoms with van der Waals surface area (Å²) in [4.78, 5) is 14.1. The van der Waals surface area contributed by atoms with E-state index in [2.05, 4.69) is 5.32 Å². The van der Waals surface area contributed by atoms with Gasteiger partial charge in [0.1, 0.15) is 0 Å². The molecule has 0 aliphatic carbocycles. The van der Waals surface area contributed by atoms with Crippen LogP contribution in [0.4, 0.5) is 4.79 Å². The van der Waals surface area contributed by atoms with Crippen LogP contribution in [0.25, 0.3) is 11.1 Å². The number of hydrogen-bond acceptors (Lipinski definition) is 2. The molecule has 5 heteroatoms. The van der Waals surface area contributed by atoms with E-state index < -0.39 is 0 Å². The average Bonchev–Trinajstić information content (AvgIpc) is 3.10. The summed E-state index contributed by atoms with van der Waals surface area (Å²) < 4.78 is 0. The molecule has 0 radical (unpaired) electrons. The van der Waals surface area contributed by atoms with Crippen LogP contribution in [0.5, 0.6) is 0 Å². The average molecular weight is 345 g/mol. The maximum atomic E-state index is 12.3. The summed E-state index contributed by atoms with van der Waals surface area (Å²) in [5.74, 6) is 0.206. The summed E-state index contributed by atoms with van der Waals surface area (Å²) in [6.45, 7) is 1.94. The Balaban J connectivity index is 1.67. The standard InChI is InChI=1S/C19H21ClN2O2/c20-17-7-5-15(6-8-17)18-4-2-1-3-16(18)11-21-19(24)22-10-9-14(12-22)13-23/h1-8,14,23H,9-13H2,(H,21,24)/t14-/m1/s1. The summed E-state index contributed by atoms with van der Waals surface area (Å²) in [6, 6.07) is 15.6. The van der Waals surface area contributed by atoms with Crippen LogP contribution in [-0.2, 0) is 6.54 Å². The number of carbonyl (C=O) groups is 1. The van der Waals surface area contributed by atoms with E-state index >= 15 is 0 Å². The zero-order chi connectivity index (χ0) is 16.9. The number of likely N-dealkylation sites (tertiary alicyclic amines) is 1. The van der Waals surface area contributed by atoms with Gasteiger partial charge < -0.3 is 15.3 Å². The number of nitrogens with one attached hydrogen (secondary N) is 1. The summed E-state index contributed by atoms with van der Waals surface area (Å²) in [6.07, 6.45) is 0.866. The fourth-order valence-electron chi connectivity index (χ4n) is 3.03. The number of benzene rings is 2. The Labute approximate surface area is 147 Å². The largest absolute Gasteiger partial charge is 0.396 e. The maximum Gasteiger partial charge on any atom is 0.317 e. The minimum atomic E-state index is -0.0724. The molecule has 0 saturated carbocycles. The molecule has 0 spiro atoms. The number of urea groups is 1. The molecule has 3 rings (SSSR count). The molecule has 1 fully saturated rings. The molecule has 24 heavy (non-hydrogen) atoms. The second kappa shape index (κ2) is 7.69. The minimum absolute atomic E-state index is 0.0724. The molecule has 1 atom stereocenters. The number of halogens is 1. The van der Waals surface area contributed by atoms with Gasteiger partial charge in [0.25, 0.3) is 0 Å². The van der Waals surface area contributed by atoms with Crippen molar-refractivity contribution in [3.63, 3.8) is 0 Å². The van der Waals surface area contributed by atoms with Crippen LogP contribution in [0.15, 0.2) is 48.5 Å². The van der Waals surface area contributed by atoms with Crippen LogP contribution in [0.2, 0.25) is 5.02 Å². The van der Waals surface area contributed by atoms with Gasteiger partial charge in [0.05, 0.1) is 0 Å². The molecular formula is C19H21ClN2O2. The Bertz CT molecular complexity index is 703. The predicted molar refractivity (Wildman–Crippen MR) is 95.9 cm³/mol. The van der Waals surface area contributed by atoms with Gasteiger partial charge in [-0.05, 0) is 35.2 Å². The summed E-state index contributed by atoms with van der Waals surface area (Å²) in [5.41, 5.74) is 3.22. The first-order valence-electron chi connectivity index (χ1n) is 8.15. The molecule has 4 nitrogen and oxygen atoms in total. The summed E-state index contributed by atoms with van der Waals surface area (Å²) in [5, 5.41) is 12.9. The molecule has 1 aliphatic heterocycles. The van der Waals surface area contributed by atoms with E-state index in [-0.39, 0.29) is 18.6 Å². The number of aliphatic hydroxyl groups is 1. The summed E-state index contributed by atoms with van der Waals surface area (Å²) >= 11 is 5.96. The van der Waals surface area contributed by atoms with Gasteiger partial charge in [-0.25, -0.2) is 4.79 Å². The lowest BCUT2D eigenvalue weighted by Gasteiger charge is -2.18. The van der Waals surface area contributed by atoms with Crippen LogP contribution < -0.4 is 5.32 Å². The fraction of sp³-hybridized carbons (Fsp3) is 0.316. The van der Waals surface area contributed by atoms with Crippen molar-refractivity contribution >= 4 is 17.6 Å². The van der Waals surface area contributed by atoms with E-state index in [9.17, 15) is 9.90 Å². The number of nitrogens with zero attached hydrogens (tertiary/aromatic N) is 1. The zero-order valence-electron chi connectivity index (χ0n) is 13.4. The van der Waals surface area contributed by atoms with Gasteiger partial charge in [0.2, 0.25) is 0 Å². The predicted octanol–water partition coefficient (Wildman–Crippen LogP) is 3.53. The molecule has 0 unspecified atom stereocenters. The van der Waals surface area contributed by atoms with Crippen molar-refractivity contribution in [1.82, 2.24) is 10.2 Å². The third kappa shape index (κ3) is 3.89. The number of amides is 2. The Morgan fingerprint density at radius 2 is 1.96 bits per heavy atom. The highest BCUT2D eigenvalue weighted by atomic mass is 35.5. The molecule has 1 saturated heterocycles. The lowest BCUT2D eigenvalue weighted by Crippen LogP contribution is -2.38. The molecule has 126 valence electrons. The van der Waals surface area contributed by atoms with Crippen molar-refractivity contribution in [2.45, 2.75) is 13.0 Å². The maximum absolute atomic E-state index is 12.3. The quantitative estimate of drug-likeness (QED) is 0.891. The van der Waals surface area contributed by atoms with E-state index in [1.165, 1.54) is 0 Å².